The predicted octanol–water partition coefficient (Wildman–Crippen LogP) is 5.06. The Hall–Kier alpha value is -1.62. The molecule has 7 heteroatoms. The fourth-order valence-electron chi connectivity index (χ4n) is 1.80. The molecule has 1 amide bonds. The van der Waals surface area contributed by atoms with Crippen molar-refractivity contribution in [2.45, 2.75) is 6.92 Å². The lowest BCUT2D eigenvalue weighted by molar-refractivity contribution is -0.118. The molecule has 0 aromatic heterocycles. The maximum atomic E-state index is 12.0. The SMILES string of the molecule is CCOc1ccccc1NC(=O)COc1cc(Cl)c(Cl)cc1Cl. The predicted molar refractivity (Wildman–Crippen MR) is 93.2 cm³/mol. The molecule has 0 aliphatic heterocycles. The Balaban J connectivity index is 2.00. The first-order valence-electron chi connectivity index (χ1n) is 6.80. The van der Waals surface area contributed by atoms with Crippen LogP contribution in [0.25, 0.3) is 0 Å². The van der Waals surface area contributed by atoms with Crippen LogP contribution in [0.1, 0.15) is 6.92 Å². The molecule has 0 saturated carbocycles. The molecule has 2 aromatic carbocycles. The maximum absolute atomic E-state index is 12.0. The van der Waals surface area contributed by atoms with E-state index in [0.717, 1.165) is 0 Å². The molecule has 0 aliphatic rings. The highest BCUT2D eigenvalue weighted by molar-refractivity contribution is 6.43. The number of carbonyl (C=O) groups is 1. The zero-order valence-electron chi connectivity index (χ0n) is 12.2. The summed E-state index contributed by atoms with van der Waals surface area (Å²) >= 11 is 17.7. The first-order valence-corrected chi connectivity index (χ1v) is 7.93. The van der Waals surface area contributed by atoms with Crippen LogP contribution in [0, 0.1) is 0 Å². The molecule has 0 spiro atoms. The lowest BCUT2D eigenvalue weighted by Crippen LogP contribution is -2.20. The summed E-state index contributed by atoms with van der Waals surface area (Å²) in [6, 6.07) is 10.1. The van der Waals surface area contributed by atoms with E-state index in [4.69, 9.17) is 44.3 Å². The molecule has 0 atom stereocenters. The summed E-state index contributed by atoms with van der Waals surface area (Å²) < 4.78 is 10.8. The van der Waals surface area contributed by atoms with Gasteiger partial charge in [0.15, 0.2) is 6.61 Å². The Morgan fingerprint density at radius 3 is 2.43 bits per heavy atom. The number of amides is 1. The van der Waals surface area contributed by atoms with Crippen molar-refractivity contribution in [3.05, 3.63) is 51.5 Å². The molecule has 0 radical (unpaired) electrons. The molecular weight excluding hydrogens is 361 g/mol. The molecule has 0 fully saturated rings. The van der Waals surface area contributed by atoms with Gasteiger partial charge in [-0.1, -0.05) is 46.9 Å². The normalized spacial score (nSPS) is 10.3. The smallest absolute Gasteiger partial charge is 0.262 e. The number of ether oxygens (including phenoxy) is 2. The molecule has 0 bridgehead atoms. The molecule has 1 N–H and O–H groups in total. The molecular formula is C16H14Cl3NO3. The van der Waals surface area contributed by atoms with Gasteiger partial charge < -0.3 is 14.8 Å². The van der Waals surface area contributed by atoms with E-state index in [9.17, 15) is 4.79 Å². The Morgan fingerprint density at radius 1 is 1.00 bits per heavy atom. The van der Waals surface area contributed by atoms with Crippen LogP contribution in [-0.4, -0.2) is 19.1 Å². The Bertz CT molecular complexity index is 707. The molecule has 23 heavy (non-hydrogen) atoms. The van der Waals surface area contributed by atoms with E-state index in [1.165, 1.54) is 12.1 Å². The first kappa shape index (κ1) is 17.7. The van der Waals surface area contributed by atoms with E-state index in [2.05, 4.69) is 5.32 Å². The highest BCUT2D eigenvalue weighted by Gasteiger charge is 2.11. The van der Waals surface area contributed by atoms with Crippen molar-refractivity contribution < 1.29 is 14.3 Å². The van der Waals surface area contributed by atoms with Crippen molar-refractivity contribution >= 4 is 46.4 Å². The second kappa shape index (κ2) is 8.29. The first-order chi connectivity index (χ1) is 11.0. The van der Waals surface area contributed by atoms with Gasteiger partial charge in [-0.05, 0) is 25.1 Å². The molecule has 0 heterocycles. The average molecular weight is 375 g/mol. The van der Waals surface area contributed by atoms with Crippen molar-refractivity contribution in [1.29, 1.82) is 0 Å². The lowest BCUT2D eigenvalue weighted by atomic mass is 10.3. The Morgan fingerprint density at radius 2 is 1.70 bits per heavy atom. The standard InChI is InChI=1S/C16H14Cl3NO3/c1-2-22-14-6-4-3-5-13(14)20-16(21)9-23-15-8-11(18)10(17)7-12(15)19/h3-8H,2,9H2,1H3,(H,20,21). The number of hydrogen-bond donors (Lipinski definition) is 1. The third-order valence-electron chi connectivity index (χ3n) is 2.79. The third-order valence-corrected chi connectivity index (χ3v) is 3.81. The average Bonchev–Trinajstić information content (AvgIpc) is 2.52. The second-order valence-electron chi connectivity index (χ2n) is 4.46. The van der Waals surface area contributed by atoms with Gasteiger partial charge in [-0.25, -0.2) is 0 Å². The van der Waals surface area contributed by atoms with Gasteiger partial charge in [-0.3, -0.25) is 4.79 Å². The van der Waals surface area contributed by atoms with Crippen LogP contribution in [0.2, 0.25) is 15.1 Å². The van der Waals surface area contributed by atoms with Gasteiger partial charge in [-0.2, -0.15) is 0 Å². The van der Waals surface area contributed by atoms with E-state index in [-0.39, 0.29) is 23.3 Å². The summed E-state index contributed by atoms with van der Waals surface area (Å²) in [6.07, 6.45) is 0. The van der Waals surface area contributed by atoms with E-state index in [1.54, 1.807) is 18.2 Å². The van der Waals surface area contributed by atoms with Crippen molar-refractivity contribution in [2.75, 3.05) is 18.5 Å². The molecule has 0 aliphatic carbocycles. The third kappa shape index (κ3) is 4.93. The summed E-state index contributed by atoms with van der Waals surface area (Å²) in [6.45, 7) is 2.15. The van der Waals surface area contributed by atoms with Gasteiger partial charge >= 0.3 is 0 Å². The van der Waals surface area contributed by atoms with Crippen molar-refractivity contribution in [2.24, 2.45) is 0 Å². The van der Waals surface area contributed by atoms with Crippen LogP contribution in [0.15, 0.2) is 36.4 Å². The number of halogens is 3. The number of carbonyl (C=O) groups excluding carboxylic acids is 1. The largest absolute Gasteiger partial charge is 0.492 e. The molecule has 2 rings (SSSR count). The van der Waals surface area contributed by atoms with Crippen LogP contribution in [-0.2, 0) is 4.79 Å². The molecule has 0 saturated heterocycles. The van der Waals surface area contributed by atoms with Gasteiger partial charge in [0.1, 0.15) is 11.5 Å². The number of benzene rings is 2. The van der Waals surface area contributed by atoms with Gasteiger partial charge in [0, 0.05) is 6.07 Å². The van der Waals surface area contributed by atoms with Gasteiger partial charge in [0.2, 0.25) is 0 Å². The van der Waals surface area contributed by atoms with E-state index >= 15 is 0 Å². The quantitative estimate of drug-likeness (QED) is 0.719. The van der Waals surface area contributed by atoms with Crippen LogP contribution >= 0.6 is 34.8 Å². The number of nitrogens with one attached hydrogen (secondary N) is 1. The summed E-state index contributed by atoms with van der Waals surface area (Å²) in [5.41, 5.74) is 0.572. The molecule has 0 unspecified atom stereocenters. The molecule has 122 valence electrons. The molecule has 2 aromatic rings. The molecule has 4 nitrogen and oxygen atoms in total. The number of rotatable bonds is 6. The topological polar surface area (TPSA) is 47.6 Å². The van der Waals surface area contributed by atoms with Gasteiger partial charge in [0.05, 0.1) is 27.4 Å². The number of anilines is 1. The van der Waals surface area contributed by atoms with Gasteiger partial charge in [0.25, 0.3) is 5.91 Å². The zero-order valence-corrected chi connectivity index (χ0v) is 14.5. The second-order valence-corrected chi connectivity index (χ2v) is 5.68. The highest BCUT2D eigenvalue weighted by atomic mass is 35.5. The summed E-state index contributed by atoms with van der Waals surface area (Å²) in [7, 11) is 0. The van der Waals surface area contributed by atoms with Crippen LogP contribution in [0.3, 0.4) is 0 Å². The summed E-state index contributed by atoms with van der Waals surface area (Å²) in [4.78, 5) is 12.0. The van der Waals surface area contributed by atoms with E-state index in [1.807, 2.05) is 13.0 Å². The minimum Gasteiger partial charge on any atom is -0.492 e. The van der Waals surface area contributed by atoms with Crippen molar-refractivity contribution in [3.8, 4) is 11.5 Å². The fourth-order valence-corrected chi connectivity index (χ4v) is 2.39. The Labute approximate surface area is 149 Å². The monoisotopic (exact) mass is 373 g/mol. The number of para-hydroxylation sites is 2. The van der Waals surface area contributed by atoms with E-state index < -0.39 is 0 Å². The fraction of sp³-hybridized carbons (Fsp3) is 0.188. The van der Waals surface area contributed by atoms with Crippen molar-refractivity contribution in [3.63, 3.8) is 0 Å². The minimum absolute atomic E-state index is 0.224. The van der Waals surface area contributed by atoms with Crippen molar-refractivity contribution in [1.82, 2.24) is 0 Å². The lowest BCUT2D eigenvalue weighted by Gasteiger charge is -2.12. The highest BCUT2D eigenvalue weighted by Crippen LogP contribution is 2.33. The van der Waals surface area contributed by atoms with E-state index in [0.29, 0.717) is 28.1 Å². The van der Waals surface area contributed by atoms with Crippen LogP contribution < -0.4 is 14.8 Å². The Kier molecular flexibility index (Phi) is 6.39. The maximum Gasteiger partial charge on any atom is 0.262 e. The van der Waals surface area contributed by atoms with Gasteiger partial charge in [-0.15, -0.1) is 0 Å². The van der Waals surface area contributed by atoms with Crippen LogP contribution in [0.4, 0.5) is 5.69 Å². The van der Waals surface area contributed by atoms with Crippen LogP contribution in [0.5, 0.6) is 11.5 Å². The number of hydrogen-bond acceptors (Lipinski definition) is 3. The minimum atomic E-state index is -0.348. The zero-order chi connectivity index (χ0) is 16.8. The summed E-state index contributed by atoms with van der Waals surface area (Å²) in [5, 5.41) is 3.62. The summed E-state index contributed by atoms with van der Waals surface area (Å²) in [5.74, 6) is 0.532.